The summed E-state index contributed by atoms with van der Waals surface area (Å²) in [6.07, 6.45) is 2.14. The van der Waals surface area contributed by atoms with E-state index in [2.05, 4.69) is 4.98 Å². The van der Waals surface area contributed by atoms with E-state index in [1.165, 1.54) is 11.3 Å². The van der Waals surface area contributed by atoms with Gasteiger partial charge in [0.2, 0.25) is 0 Å². The fourth-order valence-corrected chi connectivity index (χ4v) is 2.41. The van der Waals surface area contributed by atoms with Crippen molar-refractivity contribution in [1.29, 1.82) is 0 Å². The predicted octanol–water partition coefficient (Wildman–Crippen LogP) is 1.94. The van der Waals surface area contributed by atoms with Gasteiger partial charge in [-0.2, -0.15) is 0 Å². The number of hydrogen-bond donors (Lipinski definition) is 1. The highest BCUT2D eigenvalue weighted by molar-refractivity contribution is 7.09. The molecule has 1 aromatic heterocycles. The summed E-state index contributed by atoms with van der Waals surface area (Å²) < 4.78 is 4.96. The van der Waals surface area contributed by atoms with Crippen molar-refractivity contribution in [1.82, 2.24) is 4.98 Å². The Balaban J connectivity index is 2.91. The van der Waals surface area contributed by atoms with E-state index >= 15 is 0 Å². The third-order valence-corrected chi connectivity index (χ3v) is 3.52. The van der Waals surface area contributed by atoms with Crippen LogP contribution < -0.4 is 0 Å². The van der Waals surface area contributed by atoms with Crippen LogP contribution >= 0.6 is 11.3 Å². The van der Waals surface area contributed by atoms with Crippen LogP contribution in [0.2, 0.25) is 0 Å². The molecule has 90 valence electrons. The molecule has 1 heterocycles. The van der Waals surface area contributed by atoms with Crippen LogP contribution in [-0.4, -0.2) is 22.7 Å². The number of esters is 1. The lowest BCUT2D eigenvalue weighted by atomic mass is 9.87. The van der Waals surface area contributed by atoms with E-state index in [1.54, 1.807) is 25.4 Å². The van der Waals surface area contributed by atoms with Crippen molar-refractivity contribution in [2.75, 3.05) is 6.61 Å². The third-order valence-electron chi connectivity index (χ3n) is 2.52. The molecule has 0 saturated carbocycles. The minimum atomic E-state index is -1.25. The van der Waals surface area contributed by atoms with Gasteiger partial charge in [0.15, 0.2) is 0 Å². The number of aliphatic hydroxyl groups is 1. The number of ether oxygens (including phenoxy) is 1. The zero-order chi connectivity index (χ0) is 12.2. The molecule has 0 amide bonds. The van der Waals surface area contributed by atoms with Crippen LogP contribution in [0, 0.1) is 5.92 Å². The number of carbonyl (C=O) groups excluding carboxylic acids is 1. The first-order valence-corrected chi connectivity index (χ1v) is 6.20. The van der Waals surface area contributed by atoms with Crippen LogP contribution in [0.1, 0.15) is 32.2 Å². The average Bonchev–Trinajstić information content (AvgIpc) is 2.71. The lowest BCUT2D eigenvalue weighted by molar-refractivity contribution is -0.158. The number of nitrogens with zero attached hydrogens (tertiary/aromatic N) is 1. The lowest BCUT2D eigenvalue weighted by Crippen LogP contribution is -2.37. The quantitative estimate of drug-likeness (QED) is 0.803. The minimum absolute atomic E-state index is 0.323. The van der Waals surface area contributed by atoms with Gasteiger partial charge in [-0.25, -0.2) is 4.98 Å². The van der Waals surface area contributed by atoms with E-state index in [-0.39, 0.29) is 5.97 Å². The van der Waals surface area contributed by atoms with Crippen molar-refractivity contribution >= 4 is 17.3 Å². The standard InChI is InChI=1S/C11H17NO3S/c1-4-8(9(13)15-5-2)11(3,14)10-12-6-7-16-10/h6-8,14H,4-5H2,1-3H3. The van der Waals surface area contributed by atoms with E-state index in [4.69, 9.17) is 4.74 Å². The Bertz CT molecular complexity index is 335. The van der Waals surface area contributed by atoms with Gasteiger partial charge in [0.05, 0.1) is 12.5 Å². The van der Waals surface area contributed by atoms with Gasteiger partial charge in [-0.3, -0.25) is 4.79 Å². The number of rotatable bonds is 5. The van der Waals surface area contributed by atoms with Gasteiger partial charge in [0, 0.05) is 11.6 Å². The molecular formula is C11H17NO3S. The van der Waals surface area contributed by atoms with E-state index < -0.39 is 11.5 Å². The second-order valence-electron chi connectivity index (χ2n) is 3.70. The molecule has 1 rings (SSSR count). The molecule has 0 aromatic carbocycles. The van der Waals surface area contributed by atoms with Gasteiger partial charge in [-0.15, -0.1) is 11.3 Å². The van der Waals surface area contributed by atoms with Crippen LogP contribution in [0.3, 0.4) is 0 Å². The molecule has 0 fully saturated rings. The molecule has 16 heavy (non-hydrogen) atoms. The van der Waals surface area contributed by atoms with Gasteiger partial charge in [0.1, 0.15) is 10.6 Å². The fourth-order valence-electron chi connectivity index (χ4n) is 1.66. The third kappa shape index (κ3) is 2.59. The average molecular weight is 243 g/mol. The molecular weight excluding hydrogens is 226 g/mol. The molecule has 0 spiro atoms. The highest BCUT2D eigenvalue weighted by Gasteiger charge is 2.40. The van der Waals surface area contributed by atoms with Crippen LogP contribution in [0.4, 0.5) is 0 Å². The van der Waals surface area contributed by atoms with E-state index in [0.717, 1.165) is 0 Å². The topological polar surface area (TPSA) is 59.4 Å². The Hall–Kier alpha value is -0.940. The fraction of sp³-hybridized carbons (Fsp3) is 0.636. The number of aromatic nitrogens is 1. The molecule has 0 saturated heterocycles. The van der Waals surface area contributed by atoms with Gasteiger partial charge < -0.3 is 9.84 Å². The van der Waals surface area contributed by atoms with Crippen molar-refractivity contribution in [3.8, 4) is 0 Å². The van der Waals surface area contributed by atoms with Crippen molar-refractivity contribution in [2.24, 2.45) is 5.92 Å². The zero-order valence-corrected chi connectivity index (χ0v) is 10.6. The predicted molar refractivity (Wildman–Crippen MR) is 62.1 cm³/mol. The Morgan fingerprint density at radius 1 is 1.69 bits per heavy atom. The molecule has 0 aliphatic carbocycles. The monoisotopic (exact) mass is 243 g/mol. The number of carbonyl (C=O) groups is 1. The molecule has 0 radical (unpaired) electrons. The summed E-state index contributed by atoms with van der Waals surface area (Å²) in [6.45, 7) is 5.53. The van der Waals surface area contributed by atoms with E-state index in [0.29, 0.717) is 18.0 Å². The molecule has 0 aliphatic heterocycles. The van der Waals surface area contributed by atoms with Crippen molar-refractivity contribution in [3.63, 3.8) is 0 Å². The first kappa shape index (κ1) is 13.1. The summed E-state index contributed by atoms with van der Waals surface area (Å²) in [6, 6.07) is 0. The molecule has 2 atom stereocenters. The summed E-state index contributed by atoms with van der Waals surface area (Å²) >= 11 is 1.34. The first-order chi connectivity index (χ1) is 7.54. The van der Waals surface area contributed by atoms with Gasteiger partial charge in [-0.05, 0) is 20.3 Å². The van der Waals surface area contributed by atoms with Gasteiger partial charge in [-0.1, -0.05) is 6.92 Å². The van der Waals surface area contributed by atoms with Crippen molar-refractivity contribution in [2.45, 2.75) is 32.8 Å². The molecule has 0 aliphatic rings. The number of thiazole rings is 1. The lowest BCUT2D eigenvalue weighted by Gasteiger charge is -2.28. The second kappa shape index (κ2) is 5.41. The molecule has 4 nitrogen and oxygen atoms in total. The molecule has 1 aromatic rings. The summed E-state index contributed by atoms with van der Waals surface area (Å²) in [5, 5.41) is 12.7. The maximum Gasteiger partial charge on any atom is 0.312 e. The molecule has 0 bridgehead atoms. The van der Waals surface area contributed by atoms with E-state index in [9.17, 15) is 9.90 Å². The smallest absolute Gasteiger partial charge is 0.312 e. The Kier molecular flexibility index (Phi) is 4.44. The minimum Gasteiger partial charge on any atom is -0.466 e. The van der Waals surface area contributed by atoms with Crippen LogP contribution in [0.15, 0.2) is 11.6 Å². The second-order valence-corrected chi connectivity index (χ2v) is 4.59. The van der Waals surface area contributed by atoms with Crippen LogP contribution in [-0.2, 0) is 15.1 Å². The van der Waals surface area contributed by atoms with Gasteiger partial charge >= 0.3 is 5.97 Å². The SMILES string of the molecule is CCOC(=O)C(CC)C(C)(O)c1nccs1. The largest absolute Gasteiger partial charge is 0.466 e. The van der Waals surface area contributed by atoms with Crippen molar-refractivity contribution in [3.05, 3.63) is 16.6 Å². The maximum absolute atomic E-state index is 11.7. The first-order valence-electron chi connectivity index (χ1n) is 5.33. The van der Waals surface area contributed by atoms with Crippen LogP contribution in [0.25, 0.3) is 0 Å². The summed E-state index contributed by atoms with van der Waals surface area (Å²) in [5.74, 6) is -0.941. The zero-order valence-electron chi connectivity index (χ0n) is 9.77. The summed E-state index contributed by atoms with van der Waals surface area (Å²) in [7, 11) is 0. The molecule has 5 heteroatoms. The Morgan fingerprint density at radius 3 is 2.81 bits per heavy atom. The Labute approximate surface area is 99.3 Å². The van der Waals surface area contributed by atoms with Gasteiger partial charge in [0.25, 0.3) is 0 Å². The number of hydrogen-bond acceptors (Lipinski definition) is 5. The molecule has 1 N–H and O–H groups in total. The summed E-state index contributed by atoms with van der Waals surface area (Å²) in [5.41, 5.74) is -1.25. The molecule has 2 unspecified atom stereocenters. The van der Waals surface area contributed by atoms with Crippen LogP contribution in [0.5, 0.6) is 0 Å². The highest BCUT2D eigenvalue weighted by Crippen LogP contribution is 2.33. The normalized spacial score (nSPS) is 16.5. The van der Waals surface area contributed by atoms with E-state index in [1.807, 2.05) is 6.92 Å². The summed E-state index contributed by atoms with van der Waals surface area (Å²) in [4.78, 5) is 15.8. The maximum atomic E-state index is 11.7. The van der Waals surface area contributed by atoms with Crippen molar-refractivity contribution < 1.29 is 14.6 Å². The highest BCUT2D eigenvalue weighted by atomic mass is 32.1. The Morgan fingerprint density at radius 2 is 2.38 bits per heavy atom.